The zero-order valence-corrected chi connectivity index (χ0v) is 14.5. The maximum absolute atomic E-state index is 12.4. The smallest absolute Gasteiger partial charge is 0.241 e. The highest BCUT2D eigenvalue weighted by atomic mass is 32.2. The van der Waals surface area contributed by atoms with Crippen molar-refractivity contribution in [2.75, 3.05) is 24.4 Å². The molecule has 1 aromatic carbocycles. The van der Waals surface area contributed by atoms with E-state index in [0.717, 1.165) is 11.9 Å². The van der Waals surface area contributed by atoms with Crippen LogP contribution in [0.1, 0.15) is 18.1 Å². The minimum Gasteiger partial charge on any atom is -0.388 e. The summed E-state index contributed by atoms with van der Waals surface area (Å²) in [6.07, 6.45) is 1.08. The molecule has 0 aliphatic heterocycles. The van der Waals surface area contributed by atoms with E-state index in [4.69, 9.17) is 0 Å². The molecule has 0 amide bonds. The second kappa shape index (κ2) is 6.33. The van der Waals surface area contributed by atoms with Gasteiger partial charge in [-0.3, -0.25) is 0 Å². The van der Waals surface area contributed by atoms with Crippen molar-refractivity contribution in [3.05, 3.63) is 23.3 Å². The molecule has 0 radical (unpaired) electrons. The third kappa shape index (κ3) is 4.98. The first-order valence-electron chi connectivity index (χ1n) is 6.45. The zero-order chi connectivity index (χ0) is 16.4. The van der Waals surface area contributed by atoms with Crippen molar-refractivity contribution < 1.29 is 16.8 Å². The lowest BCUT2D eigenvalue weighted by Crippen LogP contribution is -2.37. The third-order valence-corrected chi connectivity index (χ3v) is 5.93. The van der Waals surface area contributed by atoms with Crippen LogP contribution in [0.15, 0.2) is 17.0 Å². The second-order valence-corrected chi connectivity index (χ2v) is 9.14. The topological polar surface area (TPSA) is 92.3 Å². The van der Waals surface area contributed by atoms with Gasteiger partial charge in [0.15, 0.2) is 0 Å². The minimum absolute atomic E-state index is 0.196. The summed E-state index contributed by atoms with van der Waals surface area (Å²) in [5.74, 6) is -0.237. The predicted octanol–water partition coefficient (Wildman–Crippen LogP) is 1.06. The summed E-state index contributed by atoms with van der Waals surface area (Å²) in [5, 5.41) is 2.96. The summed E-state index contributed by atoms with van der Waals surface area (Å²) in [5.41, 5.74) is 2.05. The van der Waals surface area contributed by atoms with E-state index in [1.165, 1.54) is 6.92 Å². The third-order valence-electron chi connectivity index (χ3n) is 2.93. The second-order valence-electron chi connectivity index (χ2n) is 5.30. The summed E-state index contributed by atoms with van der Waals surface area (Å²) >= 11 is 0. The van der Waals surface area contributed by atoms with Gasteiger partial charge in [0, 0.05) is 25.0 Å². The number of benzene rings is 1. The number of nitrogens with one attached hydrogen (secondary N) is 2. The Labute approximate surface area is 126 Å². The van der Waals surface area contributed by atoms with Crippen LogP contribution in [0.3, 0.4) is 0 Å². The van der Waals surface area contributed by atoms with Crippen molar-refractivity contribution in [3.8, 4) is 0 Å². The molecule has 120 valence electrons. The van der Waals surface area contributed by atoms with Gasteiger partial charge in [-0.1, -0.05) is 0 Å². The van der Waals surface area contributed by atoms with Crippen LogP contribution >= 0.6 is 0 Å². The SMILES string of the molecule is CNc1cc(C)c(S(=O)(=O)NC(C)CS(C)(=O)=O)c(C)c1. The lowest BCUT2D eigenvalue weighted by Gasteiger charge is -2.17. The van der Waals surface area contributed by atoms with Crippen LogP contribution < -0.4 is 10.0 Å². The first-order valence-corrected chi connectivity index (χ1v) is 9.99. The Kier molecular flexibility index (Phi) is 5.40. The Morgan fingerprint density at radius 2 is 1.57 bits per heavy atom. The molecule has 2 N–H and O–H groups in total. The molecule has 8 heteroatoms. The van der Waals surface area contributed by atoms with Gasteiger partial charge >= 0.3 is 0 Å². The molecule has 1 rings (SSSR count). The number of sulfonamides is 1. The van der Waals surface area contributed by atoms with Gasteiger partial charge in [0.1, 0.15) is 9.84 Å². The highest BCUT2D eigenvalue weighted by molar-refractivity contribution is 7.91. The number of sulfone groups is 1. The first kappa shape index (κ1) is 17.9. The van der Waals surface area contributed by atoms with Crippen LogP contribution in [0.25, 0.3) is 0 Å². The lowest BCUT2D eigenvalue weighted by atomic mass is 10.1. The average Bonchev–Trinajstić information content (AvgIpc) is 2.23. The number of rotatable bonds is 6. The normalized spacial score (nSPS) is 14.0. The predicted molar refractivity (Wildman–Crippen MR) is 85.0 cm³/mol. The van der Waals surface area contributed by atoms with Gasteiger partial charge in [-0.25, -0.2) is 21.6 Å². The Bertz CT molecular complexity index is 702. The molecule has 0 heterocycles. The zero-order valence-electron chi connectivity index (χ0n) is 12.9. The molecule has 0 fully saturated rings. The van der Waals surface area contributed by atoms with Crippen molar-refractivity contribution in [1.82, 2.24) is 4.72 Å². The molecule has 1 aromatic rings. The Balaban J connectivity index is 3.15. The quantitative estimate of drug-likeness (QED) is 0.811. The Hall–Kier alpha value is -1.12. The van der Waals surface area contributed by atoms with Gasteiger partial charge in [0.05, 0.1) is 10.6 Å². The van der Waals surface area contributed by atoms with Crippen molar-refractivity contribution in [2.24, 2.45) is 0 Å². The fraction of sp³-hybridized carbons (Fsp3) is 0.538. The number of hydrogen-bond donors (Lipinski definition) is 2. The summed E-state index contributed by atoms with van der Waals surface area (Å²) in [6, 6.07) is 2.79. The Morgan fingerprint density at radius 3 is 1.95 bits per heavy atom. The standard InChI is InChI=1S/C13H22N2O4S2/c1-9-6-12(14-4)7-10(2)13(9)21(18,19)15-11(3)8-20(5,16)17/h6-7,11,14-15H,8H2,1-5H3. The fourth-order valence-electron chi connectivity index (χ4n) is 2.33. The van der Waals surface area contributed by atoms with Gasteiger partial charge in [0.25, 0.3) is 0 Å². The minimum atomic E-state index is -3.76. The van der Waals surface area contributed by atoms with E-state index in [0.29, 0.717) is 11.1 Å². The van der Waals surface area contributed by atoms with Gasteiger partial charge in [-0.15, -0.1) is 0 Å². The highest BCUT2D eigenvalue weighted by Crippen LogP contribution is 2.24. The summed E-state index contributed by atoms with van der Waals surface area (Å²) in [7, 11) is -5.25. The van der Waals surface area contributed by atoms with Gasteiger partial charge in [-0.05, 0) is 44.0 Å². The molecular weight excluding hydrogens is 312 g/mol. The number of anilines is 1. The van der Waals surface area contributed by atoms with Crippen LogP contribution in [0.4, 0.5) is 5.69 Å². The number of aryl methyl sites for hydroxylation is 2. The largest absolute Gasteiger partial charge is 0.388 e. The average molecular weight is 334 g/mol. The maximum Gasteiger partial charge on any atom is 0.241 e. The first-order chi connectivity index (χ1) is 9.46. The molecule has 0 saturated heterocycles. The van der Waals surface area contributed by atoms with E-state index in [-0.39, 0.29) is 10.6 Å². The van der Waals surface area contributed by atoms with Gasteiger partial charge in [0.2, 0.25) is 10.0 Å². The summed E-state index contributed by atoms with van der Waals surface area (Å²) in [6.45, 7) is 4.96. The molecule has 6 nitrogen and oxygen atoms in total. The van der Waals surface area contributed by atoms with Crippen molar-refractivity contribution in [2.45, 2.75) is 31.7 Å². The van der Waals surface area contributed by atoms with Crippen LogP contribution in [-0.4, -0.2) is 41.9 Å². The Morgan fingerprint density at radius 1 is 1.10 bits per heavy atom. The molecule has 0 spiro atoms. The molecule has 1 unspecified atom stereocenters. The van der Waals surface area contributed by atoms with Crippen molar-refractivity contribution in [1.29, 1.82) is 0 Å². The fourth-order valence-corrected chi connectivity index (χ4v) is 5.12. The van der Waals surface area contributed by atoms with Crippen LogP contribution in [0.5, 0.6) is 0 Å². The van der Waals surface area contributed by atoms with Crippen LogP contribution in [0, 0.1) is 13.8 Å². The summed E-state index contributed by atoms with van der Waals surface area (Å²) < 4.78 is 49.8. The molecule has 0 bridgehead atoms. The number of hydrogen-bond acceptors (Lipinski definition) is 5. The van der Waals surface area contributed by atoms with E-state index in [1.54, 1.807) is 33.0 Å². The molecule has 0 saturated carbocycles. The van der Waals surface area contributed by atoms with Crippen molar-refractivity contribution in [3.63, 3.8) is 0 Å². The molecule has 0 aromatic heterocycles. The van der Waals surface area contributed by atoms with E-state index in [9.17, 15) is 16.8 Å². The van der Waals surface area contributed by atoms with E-state index >= 15 is 0 Å². The summed E-state index contributed by atoms with van der Waals surface area (Å²) in [4.78, 5) is 0.196. The maximum atomic E-state index is 12.4. The monoisotopic (exact) mass is 334 g/mol. The molecular formula is C13H22N2O4S2. The van der Waals surface area contributed by atoms with E-state index < -0.39 is 25.9 Å². The molecule has 0 aliphatic carbocycles. The van der Waals surface area contributed by atoms with E-state index in [2.05, 4.69) is 10.0 Å². The van der Waals surface area contributed by atoms with Gasteiger partial charge in [-0.2, -0.15) is 0 Å². The van der Waals surface area contributed by atoms with Gasteiger partial charge < -0.3 is 5.32 Å². The molecule has 21 heavy (non-hydrogen) atoms. The molecule has 1 atom stereocenters. The van der Waals surface area contributed by atoms with E-state index in [1.807, 2.05) is 0 Å². The highest BCUT2D eigenvalue weighted by Gasteiger charge is 2.23. The van der Waals surface area contributed by atoms with Crippen LogP contribution in [0.2, 0.25) is 0 Å². The molecule has 0 aliphatic rings. The lowest BCUT2D eigenvalue weighted by molar-refractivity contribution is 0.563. The van der Waals surface area contributed by atoms with Crippen molar-refractivity contribution >= 4 is 25.5 Å². The van der Waals surface area contributed by atoms with Crippen LogP contribution in [-0.2, 0) is 19.9 Å².